The molecule has 0 aliphatic rings. The van der Waals surface area contributed by atoms with Crippen LogP contribution < -0.4 is 0 Å². The number of carbonyl (C=O) groups excluding carboxylic acids is 1. The highest BCUT2D eigenvalue weighted by atomic mass is 19.1. The predicted octanol–water partition coefficient (Wildman–Crippen LogP) is 1.00. The molecule has 1 amide bonds. The predicted molar refractivity (Wildman–Crippen MR) is 61.0 cm³/mol. The fourth-order valence-corrected chi connectivity index (χ4v) is 1.58. The van der Waals surface area contributed by atoms with Crippen LogP contribution in [0.3, 0.4) is 0 Å². The quantitative estimate of drug-likeness (QED) is 0.877. The molecule has 0 atom stereocenters. The molecule has 0 fully saturated rings. The fraction of sp³-hybridized carbons (Fsp3) is 0.273. The van der Waals surface area contributed by atoms with Crippen molar-refractivity contribution < 1.29 is 9.18 Å². The molecule has 1 N–H and O–H groups in total. The zero-order chi connectivity index (χ0) is 13.0. The van der Waals surface area contributed by atoms with Crippen LogP contribution in [0, 0.1) is 5.82 Å². The number of H-pyrrole nitrogens is 1. The lowest BCUT2D eigenvalue weighted by atomic mass is 10.2. The third kappa shape index (κ3) is 2.68. The van der Waals surface area contributed by atoms with Crippen LogP contribution in [0.15, 0.2) is 24.3 Å². The molecule has 0 unspecified atom stereocenters. The van der Waals surface area contributed by atoms with Crippen molar-refractivity contribution in [1.29, 1.82) is 0 Å². The molecule has 7 heteroatoms. The van der Waals surface area contributed by atoms with E-state index in [9.17, 15) is 9.18 Å². The van der Waals surface area contributed by atoms with Crippen LogP contribution in [0.25, 0.3) is 0 Å². The number of tetrazole rings is 1. The molecule has 0 saturated carbocycles. The Morgan fingerprint density at radius 1 is 1.50 bits per heavy atom. The maximum absolute atomic E-state index is 13.1. The first kappa shape index (κ1) is 12.2. The van der Waals surface area contributed by atoms with E-state index in [1.165, 1.54) is 17.0 Å². The van der Waals surface area contributed by atoms with Gasteiger partial charge >= 0.3 is 0 Å². The summed E-state index contributed by atoms with van der Waals surface area (Å²) in [5.74, 6) is -0.653. The van der Waals surface area contributed by atoms with Gasteiger partial charge in [0.05, 0.1) is 0 Å². The van der Waals surface area contributed by atoms with Gasteiger partial charge < -0.3 is 4.90 Å². The van der Waals surface area contributed by atoms with E-state index in [2.05, 4.69) is 20.6 Å². The van der Waals surface area contributed by atoms with E-state index >= 15 is 0 Å². The molecule has 0 saturated heterocycles. The number of hydrogen-bond donors (Lipinski definition) is 1. The van der Waals surface area contributed by atoms with Crippen LogP contribution in [0.5, 0.6) is 0 Å². The number of benzene rings is 1. The van der Waals surface area contributed by atoms with Crippen molar-refractivity contribution >= 4 is 5.91 Å². The zero-order valence-electron chi connectivity index (χ0n) is 9.80. The summed E-state index contributed by atoms with van der Waals surface area (Å²) in [7, 11) is 0. The molecule has 1 aromatic heterocycles. The summed E-state index contributed by atoms with van der Waals surface area (Å²) in [5, 5.41) is 12.8. The van der Waals surface area contributed by atoms with Gasteiger partial charge in [-0.25, -0.2) is 4.39 Å². The third-order valence-electron chi connectivity index (χ3n) is 2.47. The van der Waals surface area contributed by atoms with E-state index in [4.69, 9.17) is 0 Å². The van der Waals surface area contributed by atoms with Crippen LogP contribution in [0.2, 0.25) is 0 Å². The van der Waals surface area contributed by atoms with Crippen LogP contribution in [-0.2, 0) is 6.54 Å². The van der Waals surface area contributed by atoms with Gasteiger partial charge in [-0.15, -0.1) is 10.2 Å². The SMILES string of the molecule is CCN(Cc1cccc(F)c1)C(=O)c1nn[nH]n1. The van der Waals surface area contributed by atoms with E-state index in [1.54, 1.807) is 12.1 Å². The van der Waals surface area contributed by atoms with Gasteiger partial charge in [-0.1, -0.05) is 12.1 Å². The largest absolute Gasteiger partial charge is 0.332 e. The smallest absolute Gasteiger partial charge is 0.295 e. The highest BCUT2D eigenvalue weighted by molar-refractivity contribution is 5.90. The Hall–Kier alpha value is -2.31. The number of nitrogens with zero attached hydrogens (tertiary/aromatic N) is 4. The standard InChI is InChI=1S/C11H12FN5O/c1-2-17(11(18)10-13-15-16-14-10)7-8-4-3-5-9(12)6-8/h3-6H,2,7H2,1H3,(H,13,14,15,16). The molecule has 0 radical (unpaired) electrons. The first-order valence-corrected chi connectivity index (χ1v) is 5.48. The Kier molecular flexibility index (Phi) is 3.61. The third-order valence-corrected chi connectivity index (χ3v) is 2.47. The van der Waals surface area contributed by atoms with Gasteiger partial charge in [0.25, 0.3) is 11.7 Å². The maximum atomic E-state index is 13.1. The van der Waals surface area contributed by atoms with Crippen molar-refractivity contribution in [3.05, 3.63) is 41.5 Å². The minimum absolute atomic E-state index is 0.00764. The van der Waals surface area contributed by atoms with Gasteiger partial charge in [-0.2, -0.15) is 5.21 Å². The molecule has 0 aliphatic carbocycles. The minimum atomic E-state index is -0.337. The second-order valence-electron chi connectivity index (χ2n) is 3.68. The Morgan fingerprint density at radius 3 is 2.94 bits per heavy atom. The lowest BCUT2D eigenvalue weighted by Gasteiger charge is -2.19. The van der Waals surface area contributed by atoms with E-state index in [1.807, 2.05) is 6.92 Å². The van der Waals surface area contributed by atoms with Crippen LogP contribution in [-0.4, -0.2) is 38.0 Å². The Labute approximate surface area is 103 Å². The van der Waals surface area contributed by atoms with Gasteiger partial charge in [0.1, 0.15) is 5.82 Å². The summed E-state index contributed by atoms with van der Waals surface area (Å²) in [6.07, 6.45) is 0. The molecule has 2 rings (SSSR count). The average Bonchev–Trinajstić information content (AvgIpc) is 2.89. The van der Waals surface area contributed by atoms with E-state index < -0.39 is 0 Å². The fourth-order valence-electron chi connectivity index (χ4n) is 1.58. The second kappa shape index (κ2) is 5.35. The summed E-state index contributed by atoms with van der Waals surface area (Å²) < 4.78 is 13.1. The highest BCUT2D eigenvalue weighted by Gasteiger charge is 2.18. The summed E-state index contributed by atoms with van der Waals surface area (Å²) >= 11 is 0. The van der Waals surface area contributed by atoms with Crippen molar-refractivity contribution in [2.75, 3.05) is 6.54 Å². The lowest BCUT2D eigenvalue weighted by Crippen LogP contribution is -2.31. The van der Waals surface area contributed by atoms with Gasteiger partial charge in [-0.05, 0) is 29.8 Å². The molecule has 0 bridgehead atoms. The number of amides is 1. The number of nitrogens with one attached hydrogen (secondary N) is 1. The van der Waals surface area contributed by atoms with Gasteiger partial charge in [-0.3, -0.25) is 4.79 Å². The molecule has 0 aliphatic heterocycles. The molecule has 6 nitrogen and oxygen atoms in total. The van der Waals surface area contributed by atoms with Crippen molar-refractivity contribution in [2.45, 2.75) is 13.5 Å². The number of aromatic nitrogens is 4. The molecular formula is C11H12FN5O. The average molecular weight is 249 g/mol. The summed E-state index contributed by atoms with van der Waals surface area (Å²) in [5.41, 5.74) is 0.716. The molecular weight excluding hydrogens is 237 g/mol. The molecule has 1 aromatic carbocycles. The van der Waals surface area contributed by atoms with Gasteiger partial charge in [0, 0.05) is 13.1 Å². The number of carbonyl (C=O) groups is 1. The minimum Gasteiger partial charge on any atom is -0.332 e. The Bertz CT molecular complexity index is 528. The van der Waals surface area contributed by atoms with Crippen molar-refractivity contribution in [3.63, 3.8) is 0 Å². The monoisotopic (exact) mass is 249 g/mol. The van der Waals surface area contributed by atoms with Crippen molar-refractivity contribution in [3.8, 4) is 0 Å². The van der Waals surface area contributed by atoms with Crippen LogP contribution in [0.4, 0.5) is 4.39 Å². The first-order chi connectivity index (χ1) is 8.70. The molecule has 1 heterocycles. The van der Waals surface area contributed by atoms with Crippen molar-refractivity contribution in [1.82, 2.24) is 25.5 Å². The molecule has 94 valence electrons. The Morgan fingerprint density at radius 2 is 2.33 bits per heavy atom. The molecule has 0 spiro atoms. The van der Waals surface area contributed by atoms with Crippen molar-refractivity contribution in [2.24, 2.45) is 0 Å². The topological polar surface area (TPSA) is 74.8 Å². The normalized spacial score (nSPS) is 10.3. The van der Waals surface area contributed by atoms with E-state index in [-0.39, 0.29) is 17.5 Å². The summed E-state index contributed by atoms with van der Waals surface area (Å²) in [4.78, 5) is 13.5. The number of hydrogen-bond acceptors (Lipinski definition) is 4. The maximum Gasteiger partial charge on any atom is 0.295 e. The van der Waals surface area contributed by atoms with Gasteiger partial charge in [0.2, 0.25) is 0 Å². The second-order valence-corrected chi connectivity index (χ2v) is 3.68. The summed E-state index contributed by atoms with van der Waals surface area (Å²) in [6.45, 7) is 2.61. The van der Waals surface area contributed by atoms with E-state index in [0.29, 0.717) is 18.7 Å². The first-order valence-electron chi connectivity index (χ1n) is 5.48. The van der Waals surface area contributed by atoms with Crippen LogP contribution >= 0.6 is 0 Å². The zero-order valence-corrected chi connectivity index (χ0v) is 9.80. The van der Waals surface area contributed by atoms with Gasteiger partial charge in [0.15, 0.2) is 0 Å². The van der Waals surface area contributed by atoms with Crippen LogP contribution in [0.1, 0.15) is 23.1 Å². The number of halogens is 1. The number of aromatic amines is 1. The molecule has 18 heavy (non-hydrogen) atoms. The number of rotatable bonds is 4. The lowest BCUT2D eigenvalue weighted by molar-refractivity contribution is 0.0740. The molecule has 2 aromatic rings. The highest BCUT2D eigenvalue weighted by Crippen LogP contribution is 2.08. The van der Waals surface area contributed by atoms with E-state index in [0.717, 1.165) is 0 Å². The Balaban J connectivity index is 2.12. The summed E-state index contributed by atoms with van der Waals surface area (Å²) in [6, 6.07) is 6.12.